The molecular formula is C17H19F3N2O3. The number of hydrogen-bond acceptors (Lipinski definition) is 4. The van der Waals surface area contributed by atoms with Crippen LogP contribution in [0.5, 0.6) is 5.75 Å². The molecule has 2 aromatic rings. The van der Waals surface area contributed by atoms with E-state index in [4.69, 9.17) is 9.47 Å². The molecule has 8 heteroatoms. The zero-order chi connectivity index (χ0) is 18.7. The summed E-state index contributed by atoms with van der Waals surface area (Å²) in [6.07, 6.45) is -3.62. The van der Waals surface area contributed by atoms with Gasteiger partial charge in [-0.1, -0.05) is 0 Å². The Hall–Kier alpha value is -2.51. The highest BCUT2D eigenvalue weighted by atomic mass is 19.4. The second-order valence-electron chi connectivity index (χ2n) is 6.32. The Bertz CT molecular complexity index is 755. The molecule has 0 atom stereocenters. The van der Waals surface area contributed by atoms with Gasteiger partial charge in [0.15, 0.2) is 0 Å². The summed E-state index contributed by atoms with van der Waals surface area (Å²) < 4.78 is 48.9. The number of pyridine rings is 1. The Morgan fingerprint density at radius 2 is 1.92 bits per heavy atom. The first-order valence-electron chi connectivity index (χ1n) is 7.62. The summed E-state index contributed by atoms with van der Waals surface area (Å²) in [5.74, 6) is 0.393. The molecule has 0 fully saturated rings. The molecule has 0 spiro atoms. The predicted molar refractivity (Wildman–Crippen MR) is 86.5 cm³/mol. The molecule has 1 heterocycles. The summed E-state index contributed by atoms with van der Waals surface area (Å²) in [6, 6.07) is 4.84. The quantitative estimate of drug-likeness (QED) is 0.836. The van der Waals surface area contributed by atoms with E-state index in [0.29, 0.717) is 11.1 Å². The number of aromatic nitrogens is 1. The summed E-state index contributed by atoms with van der Waals surface area (Å²) in [4.78, 5) is 15.5. The largest absolute Gasteiger partial charge is 0.491 e. The number of alkyl carbamates (subject to hydrolysis) is 1. The van der Waals surface area contributed by atoms with Crippen LogP contribution in [-0.4, -0.2) is 29.8 Å². The van der Waals surface area contributed by atoms with Gasteiger partial charge in [-0.3, -0.25) is 4.98 Å². The number of amides is 1. The second-order valence-corrected chi connectivity index (χ2v) is 6.32. The highest BCUT2D eigenvalue weighted by Crippen LogP contribution is 2.33. The van der Waals surface area contributed by atoms with E-state index in [2.05, 4.69) is 10.3 Å². The molecule has 5 nitrogen and oxygen atoms in total. The molecule has 2 rings (SSSR count). The zero-order valence-electron chi connectivity index (χ0n) is 14.1. The Labute approximate surface area is 143 Å². The molecule has 0 bridgehead atoms. The van der Waals surface area contributed by atoms with E-state index in [1.54, 1.807) is 26.8 Å². The summed E-state index contributed by atoms with van der Waals surface area (Å²) in [6.45, 7) is 5.59. The number of carbonyl (C=O) groups is 1. The maximum Gasteiger partial charge on any atom is 0.416 e. The Balaban J connectivity index is 1.99. The molecule has 1 amide bonds. The Morgan fingerprint density at radius 3 is 2.56 bits per heavy atom. The van der Waals surface area contributed by atoms with Gasteiger partial charge in [0.05, 0.1) is 17.6 Å². The van der Waals surface area contributed by atoms with Gasteiger partial charge in [0, 0.05) is 11.6 Å². The fraction of sp³-hybridized carbons (Fsp3) is 0.412. The van der Waals surface area contributed by atoms with E-state index in [9.17, 15) is 18.0 Å². The molecular weight excluding hydrogens is 337 g/mol. The summed E-state index contributed by atoms with van der Waals surface area (Å²) in [7, 11) is 0. The average molecular weight is 356 g/mol. The molecule has 0 aliphatic carbocycles. The topological polar surface area (TPSA) is 60.5 Å². The standard InChI is InChI=1S/C17H19F3N2O3/c1-16(2,3)25-15(23)22-8-9-24-14-6-7-21-13-10-11(17(18,19)20)4-5-12(13)14/h4-7,10H,8-9H2,1-3H3,(H,22,23). The van der Waals surface area contributed by atoms with Gasteiger partial charge < -0.3 is 14.8 Å². The van der Waals surface area contributed by atoms with E-state index in [1.165, 1.54) is 12.3 Å². The number of nitrogens with zero attached hydrogens (tertiary/aromatic N) is 1. The lowest BCUT2D eigenvalue weighted by molar-refractivity contribution is -0.137. The fourth-order valence-electron chi connectivity index (χ4n) is 2.05. The highest BCUT2D eigenvalue weighted by Gasteiger charge is 2.30. The first-order chi connectivity index (χ1) is 11.6. The molecule has 0 saturated carbocycles. The van der Waals surface area contributed by atoms with Crippen LogP contribution >= 0.6 is 0 Å². The van der Waals surface area contributed by atoms with Gasteiger partial charge in [0.2, 0.25) is 0 Å². The minimum atomic E-state index is -4.43. The molecule has 1 aromatic heterocycles. The minimum absolute atomic E-state index is 0.138. The van der Waals surface area contributed by atoms with Crippen LogP contribution in [0.15, 0.2) is 30.5 Å². The number of halogens is 3. The van der Waals surface area contributed by atoms with Crippen molar-refractivity contribution in [2.24, 2.45) is 0 Å². The zero-order valence-corrected chi connectivity index (χ0v) is 14.1. The van der Waals surface area contributed by atoms with Gasteiger partial charge in [-0.15, -0.1) is 0 Å². The lowest BCUT2D eigenvalue weighted by Crippen LogP contribution is -2.34. The van der Waals surface area contributed by atoms with E-state index in [1.807, 2.05) is 0 Å². The SMILES string of the molecule is CC(C)(C)OC(=O)NCCOc1ccnc2cc(C(F)(F)F)ccc12. The number of hydrogen-bond donors (Lipinski definition) is 1. The van der Waals surface area contributed by atoms with E-state index in [-0.39, 0.29) is 18.7 Å². The molecule has 0 radical (unpaired) electrons. The monoisotopic (exact) mass is 356 g/mol. The average Bonchev–Trinajstić information content (AvgIpc) is 2.48. The second kappa shape index (κ2) is 7.16. The van der Waals surface area contributed by atoms with Gasteiger partial charge in [0.1, 0.15) is 18.0 Å². The smallest absolute Gasteiger partial charge is 0.416 e. The van der Waals surface area contributed by atoms with Crippen molar-refractivity contribution < 1.29 is 27.4 Å². The third-order valence-corrected chi connectivity index (χ3v) is 3.06. The van der Waals surface area contributed by atoms with Crippen molar-refractivity contribution in [1.29, 1.82) is 0 Å². The number of rotatable bonds is 4. The highest BCUT2D eigenvalue weighted by molar-refractivity contribution is 5.85. The Morgan fingerprint density at radius 1 is 1.20 bits per heavy atom. The molecule has 0 saturated heterocycles. The predicted octanol–water partition coefficient (Wildman–Crippen LogP) is 4.16. The van der Waals surface area contributed by atoms with Gasteiger partial charge in [0.25, 0.3) is 0 Å². The van der Waals surface area contributed by atoms with Crippen LogP contribution in [0.4, 0.5) is 18.0 Å². The maximum atomic E-state index is 12.7. The van der Waals surface area contributed by atoms with Crippen LogP contribution in [0.25, 0.3) is 10.9 Å². The van der Waals surface area contributed by atoms with Crippen molar-refractivity contribution in [1.82, 2.24) is 10.3 Å². The van der Waals surface area contributed by atoms with Gasteiger partial charge >= 0.3 is 12.3 Å². The maximum absolute atomic E-state index is 12.7. The van der Waals surface area contributed by atoms with E-state index >= 15 is 0 Å². The summed E-state index contributed by atoms with van der Waals surface area (Å²) >= 11 is 0. The van der Waals surface area contributed by atoms with Crippen LogP contribution in [-0.2, 0) is 10.9 Å². The number of nitrogens with one attached hydrogen (secondary N) is 1. The van der Waals surface area contributed by atoms with Crippen molar-refractivity contribution in [3.8, 4) is 5.75 Å². The fourth-order valence-corrected chi connectivity index (χ4v) is 2.05. The third-order valence-electron chi connectivity index (χ3n) is 3.06. The van der Waals surface area contributed by atoms with Crippen molar-refractivity contribution >= 4 is 17.0 Å². The number of carbonyl (C=O) groups excluding carboxylic acids is 1. The van der Waals surface area contributed by atoms with Crippen molar-refractivity contribution in [2.75, 3.05) is 13.2 Å². The van der Waals surface area contributed by atoms with Crippen LogP contribution < -0.4 is 10.1 Å². The van der Waals surface area contributed by atoms with Crippen molar-refractivity contribution in [3.05, 3.63) is 36.0 Å². The summed E-state index contributed by atoms with van der Waals surface area (Å²) in [5.41, 5.74) is -1.17. The molecule has 1 N–H and O–H groups in total. The van der Waals surface area contributed by atoms with Crippen LogP contribution in [0, 0.1) is 0 Å². The molecule has 136 valence electrons. The lowest BCUT2D eigenvalue weighted by Gasteiger charge is -2.19. The number of alkyl halides is 3. The van der Waals surface area contributed by atoms with Crippen LogP contribution in [0.1, 0.15) is 26.3 Å². The molecule has 0 aliphatic heterocycles. The van der Waals surface area contributed by atoms with Gasteiger partial charge in [-0.05, 0) is 45.0 Å². The van der Waals surface area contributed by atoms with Crippen molar-refractivity contribution in [2.45, 2.75) is 32.5 Å². The molecule has 25 heavy (non-hydrogen) atoms. The lowest BCUT2D eigenvalue weighted by atomic mass is 10.1. The number of ether oxygens (including phenoxy) is 2. The number of benzene rings is 1. The molecule has 0 unspecified atom stereocenters. The number of fused-ring (bicyclic) bond motifs is 1. The van der Waals surface area contributed by atoms with E-state index in [0.717, 1.165) is 12.1 Å². The first kappa shape index (κ1) is 18.8. The Kier molecular flexibility index (Phi) is 5.39. The van der Waals surface area contributed by atoms with Gasteiger partial charge in [-0.25, -0.2) is 4.79 Å². The van der Waals surface area contributed by atoms with Crippen molar-refractivity contribution in [3.63, 3.8) is 0 Å². The molecule has 1 aromatic carbocycles. The normalized spacial score (nSPS) is 12.1. The van der Waals surface area contributed by atoms with Crippen LogP contribution in [0.3, 0.4) is 0 Å². The summed E-state index contributed by atoms with van der Waals surface area (Å²) in [5, 5.41) is 3.00. The third kappa shape index (κ3) is 5.51. The van der Waals surface area contributed by atoms with E-state index < -0.39 is 23.4 Å². The van der Waals surface area contributed by atoms with Crippen LogP contribution in [0.2, 0.25) is 0 Å². The minimum Gasteiger partial charge on any atom is -0.491 e. The van der Waals surface area contributed by atoms with Gasteiger partial charge in [-0.2, -0.15) is 13.2 Å². The first-order valence-corrected chi connectivity index (χ1v) is 7.62. The molecule has 0 aliphatic rings.